The van der Waals surface area contributed by atoms with Crippen molar-refractivity contribution < 1.29 is 4.39 Å². The Kier molecular flexibility index (Phi) is 2.16. The maximum absolute atomic E-state index is 13.3. The number of nitrogens with two attached hydrogens (primary N) is 1. The molecule has 0 unspecified atom stereocenters. The van der Waals surface area contributed by atoms with E-state index >= 15 is 0 Å². The summed E-state index contributed by atoms with van der Waals surface area (Å²) in [6.45, 7) is 1.95. The fourth-order valence-electron chi connectivity index (χ4n) is 1.85. The largest absolute Gasteiger partial charge is 0.396 e. The monoisotopic (exact) mass is 247 g/mol. The normalized spacial score (nSPS) is 11.2. The zero-order chi connectivity index (χ0) is 12.0. The number of hydrogen-bond donors (Lipinski definition) is 2. The Morgan fingerprint density at radius 1 is 1.35 bits per heavy atom. The highest BCUT2D eigenvalue weighted by Gasteiger charge is 2.10. The average molecular weight is 247 g/mol. The molecular formula is C12H10FN3S. The quantitative estimate of drug-likeness (QED) is 0.648. The van der Waals surface area contributed by atoms with Gasteiger partial charge in [-0.1, -0.05) is 0 Å². The van der Waals surface area contributed by atoms with Crippen molar-refractivity contribution in [3.05, 3.63) is 35.2 Å². The van der Waals surface area contributed by atoms with Crippen LogP contribution in [0.5, 0.6) is 0 Å². The summed E-state index contributed by atoms with van der Waals surface area (Å²) >= 11 is 1.56. The van der Waals surface area contributed by atoms with Gasteiger partial charge >= 0.3 is 0 Å². The Bertz CT molecular complexity index is 660. The van der Waals surface area contributed by atoms with Gasteiger partial charge in [-0.15, -0.1) is 11.3 Å². The van der Waals surface area contributed by atoms with Crippen molar-refractivity contribution in [3.63, 3.8) is 0 Å². The van der Waals surface area contributed by atoms with E-state index in [0.717, 1.165) is 27.2 Å². The standard InChI is InChI=1S/C12H10FN3S/c1-6-12(17-5-15-6)11-3-7-2-9(14)8(13)4-10(7)16-11/h2-5,16H,14H2,1H3. The SMILES string of the molecule is Cc1ncsc1-c1cc2cc(N)c(F)cc2[nH]1. The summed E-state index contributed by atoms with van der Waals surface area (Å²) in [5.41, 5.74) is 10.2. The maximum atomic E-state index is 13.3. The van der Waals surface area contributed by atoms with Gasteiger partial charge in [-0.2, -0.15) is 0 Å². The van der Waals surface area contributed by atoms with Crippen LogP contribution in [0, 0.1) is 12.7 Å². The van der Waals surface area contributed by atoms with E-state index in [1.165, 1.54) is 6.07 Å². The van der Waals surface area contributed by atoms with Crippen LogP contribution in [0.25, 0.3) is 21.5 Å². The van der Waals surface area contributed by atoms with E-state index in [-0.39, 0.29) is 5.69 Å². The first kappa shape index (κ1) is 10.3. The predicted octanol–water partition coefficient (Wildman–Crippen LogP) is 3.32. The summed E-state index contributed by atoms with van der Waals surface area (Å²) in [5.74, 6) is -0.396. The number of nitrogens with zero attached hydrogens (tertiary/aromatic N) is 1. The first-order valence-electron chi connectivity index (χ1n) is 5.13. The minimum Gasteiger partial charge on any atom is -0.396 e. The molecule has 17 heavy (non-hydrogen) atoms. The van der Waals surface area contributed by atoms with Gasteiger partial charge in [-0.05, 0) is 19.1 Å². The van der Waals surface area contributed by atoms with Crippen molar-refractivity contribution >= 4 is 27.9 Å². The zero-order valence-electron chi connectivity index (χ0n) is 9.12. The van der Waals surface area contributed by atoms with Gasteiger partial charge in [0.25, 0.3) is 0 Å². The summed E-state index contributed by atoms with van der Waals surface area (Å²) in [6, 6.07) is 5.03. The second kappa shape index (κ2) is 3.56. The molecule has 3 aromatic rings. The van der Waals surface area contributed by atoms with E-state index < -0.39 is 5.82 Å². The lowest BCUT2D eigenvalue weighted by atomic mass is 10.2. The van der Waals surface area contributed by atoms with Gasteiger partial charge in [-0.25, -0.2) is 9.37 Å². The van der Waals surface area contributed by atoms with Crippen molar-refractivity contribution in [1.29, 1.82) is 0 Å². The number of aromatic nitrogens is 2. The third kappa shape index (κ3) is 1.59. The number of halogens is 1. The molecule has 0 spiro atoms. The van der Waals surface area contributed by atoms with E-state index in [1.54, 1.807) is 22.9 Å². The number of H-pyrrole nitrogens is 1. The Hall–Kier alpha value is -1.88. The average Bonchev–Trinajstić information content (AvgIpc) is 2.85. The van der Waals surface area contributed by atoms with Crippen LogP contribution in [0.1, 0.15) is 5.69 Å². The Morgan fingerprint density at radius 2 is 2.18 bits per heavy atom. The van der Waals surface area contributed by atoms with Crippen LogP contribution in [0.15, 0.2) is 23.7 Å². The number of anilines is 1. The van der Waals surface area contributed by atoms with Crippen LogP contribution in [0.4, 0.5) is 10.1 Å². The molecule has 0 atom stereocenters. The van der Waals surface area contributed by atoms with Gasteiger partial charge in [0.05, 0.1) is 27.5 Å². The molecule has 2 heterocycles. The van der Waals surface area contributed by atoms with Crippen LogP contribution in [-0.2, 0) is 0 Å². The van der Waals surface area contributed by atoms with E-state index in [9.17, 15) is 4.39 Å². The molecule has 0 amide bonds. The molecule has 3 nitrogen and oxygen atoms in total. The first-order valence-corrected chi connectivity index (χ1v) is 6.01. The van der Waals surface area contributed by atoms with Gasteiger partial charge in [0.2, 0.25) is 0 Å². The molecular weight excluding hydrogens is 237 g/mol. The van der Waals surface area contributed by atoms with Crippen molar-refractivity contribution in [2.24, 2.45) is 0 Å². The Balaban J connectivity index is 2.24. The Labute approximate surface area is 101 Å². The minimum absolute atomic E-state index is 0.170. The first-order chi connectivity index (χ1) is 8.15. The van der Waals surface area contributed by atoms with Gasteiger partial charge < -0.3 is 10.7 Å². The van der Waals surface area contributed by atoms with Crippen molar-refractivity contribution in [2.45, 2.75) is 6.92 Å². The number of hydrogen-bond acceptors (Lipinski definition) is 3. The fraction of sp³-hybridized carbons (Fsp3) is 0.0833. The molecule has 2 aromatic heterocycles. The molecule has 0 aliphatic carbocycles. The van der Waals surface area contributed by atoms with E-state index in [0.29, 0.717) is 0 Å². The van der Waals surface area contributed by atoms with E-state index in [1.807, 2.05) is 13.0 Å². The molecule has 3 rings (SSSR count). The smallest absolute Gasteiger partial charge is 0.148 e. The summed E-state index contributed by atoms with van der Waals surface area (Å²) in [4.78, 5) is 8.45. The van der Waals surface area contributed by atoms with E-state index in [2.05, 4.69) is 9.97 Å². The van der Waals surface area contributed by atoms with Gasteiger partial charge in [0, 0.05) is 17.0 Å². The van der Waals surface area contributed by atoms with Gasteiger partial charge in [0.15, 0.2) is 0 Å². The van der Waals surface area contributed by atoms with E-state index in [4.69, 9.17) is 5.73 Å². The Morgan fingerprint density at radius 3 is 2.88 bits per heavy atom. The predicted molar refractivity (Wildman–Crippen MR) is 68.5 cm³/mol. The summed E-state index contributed by atoms with van der Waals surface area (Å²) in [5, 5.41) is 0.909. The molecule has 0 fully saturated rings. The van der Waals surface area contributed by atoms with Crippen molar-refractivity contribution in [1.82, 2.24) is 9.97 Å². The molecule has 0 aliphatic rings. The summed E-state index contributed by atoms with van der Waals surface area (Å²) in [6.07, 6.45) is 0. The highest BCUT2D eigenvalue weighted by molar-refractivity contribution is 7.13. The molecule has 0 saturated heterocycles. The highest BCUT2D eigenvalue weighted by atomic mass is 32.1. The highest BCUT2D eigenvalue weighted by Crippen LogP contribution is 2.30. The molecule has 0 aliphatic heterocycles. The number of fused-ring (bicyclic) bond motifs is 1. The number of nitrogen functional groups attached to an aromatic ring is 1. The number of nitrogens with one attached hydrogen (secondary N) is 1. The van der Waals surface area contributed by atoms with Crippen molar-refractivity contribution in [2.75, 3.05) is 5.73 Å². The summed E-state index contributed by atoms with van der Waals surface area (Å²) in [7, 11) is 0. The van der Waals surface area contributed by atoms with Crippen molar-refractivity contribution in [3.8, 4) is 10.6 Å². The van der Waals surface area contributed by atoms with Gasteiger partial charge in [0.1, 0.15) is 5.82 Å². The topological polar surface area (TPSA) is 54.7 Å². The number of aryl methyl sites for hydroxylation is 1. The molecule has 0 saturated carbocycles. The second-order valence-corrected chi connectivity index (χ2v) is 4.77. The minimum atomic E-state index is -0.396. The maximum Gasteiger partial charge on any atom is 0.148 e. The number of rotatable bonds is 1. The third-order valence-corrected chi connectivity index (χ3v) is 3.69. The lowest BCUT2D eigenvalue weighted by Gasteiger charge is -1.95. The number of thiazole rings is 1. The lowest BCUT2D eigenvalue weighted by Crippen LogP contribution is -1.88. The molecule has 0 radical (unpaired) electrons. The van der Waals surface area contributed by atoms with Crippen LogP contribution in [-0.4, -0.2) is 9.97 Å². The fourth-order valence-corrected chi connectivity index (χ4v) is 2.63. The van der Waals surface area contributed by atoms with Gasteiger partial charge in [-0.3, -0.25) is 0 Å². The second-order valence-electron chi connectivity index (χ2n) is 3.91. The summed E-state index contributed by atoms with van der Waals surface area (Å²) < 4.78 is 13.3. The molecule has 1 aromatic carbocycles. The van der Waals surface area contributed by atoms with Crippen LogP contribution >= 0.6 is 11.3 Å². The van der Waals surface area contributed by atoms with Crippen LogP contribution < -0.4 is 5.73 Å². The van der Waals surface area contributed by atoms with Crippen LogP contribution in [0.2, 0.25) is 0 Å². The zero-order valence-corrected chi connectivity index (χ0v) is 9.94. The molecule has 3 N–H and O–H groups in total. The molecule has 0 bridgehead atoms. The molecule has 5 heteroatoms. The number of aromatic amines is 1. The number of benzene rings is 1. The van der Waals surface area contributed by atoms with Crippen LogP contribution in [0.3, 0.4) is 0 Å². The molecule has 86 valence electrons. The third-order valence-electron chi connectivity index (χ3n) is 2.73. The lowest BCUT2D eigenvalue weighted by molar-refractivity contribution is 0.634.